The van der Waals surface area contributed by atoms with Gasteiger partial charge in [-0.25, -0.2) is 0 Å². The molecule has 0 aliphatic heterocycles. The Morgan fingerprint density at radius 2 is 2.15 bits per heavy atom. The lowest BCUT2D eigenvalue weighted by molar-refractivity contribution is 0.333. The topological polar surface area (TPSA) is 12.0 Å². The second-order valence-electron chi connectivity index (χ2n) is 6.29. The Balaban J connectivity index is 1.62. The summed E-state index contributed by atoms with van der Waals surface area (Å²) in [5.74, 6) is 2.15. The van der Waals surface area contributed by atoms with Crippen LogP contribution in [0.15, 0.2) is 17.5 Å². The minimum atomic E-state index is 0.632. The Bertz CT molecular complexity index is 384. The Kier molecular flexibility index (Phi) is 5.47. The number of thioether (sulfide) groups is 1. The number of nitrogens with one attached hydrogen (secondary N) is 1. The van der Waals surface area contributed by atoms with Gasteiger partial charge in [-0.3, -0.25) is 0 Å². The van der Waals surface area contributed by atoms with E-state index in [1.165, 1.54) is 50.7 Å². The molecule has 0 spiro atoms. The van der Waals surface area contributed by atoms with Gasteiger partial charge in [-0.15, -0.1) is 11.3 Å². The summed E-state index contributed by atoms with van der Waals surface area (Å²) in [6, 6.07) is 5.95. The lowest BCUT2D eigenvalue weighted by Gasteiger charge is -2.27. The molecule has 3 heteroatoms. The van der Waals surface area contributed by atoms with Crippen LogP contribution in [-0.4, -0.2) is 17.0 Å². The predicted molar refractivity (Wildman–Crippen MR) is 91.7 cm³/mol. The summed E-state index contributed by atoms with van der Waals surface area (Å²) in [6.07, 6.45) is 9.91. The molecule has 0 saturated heterocycles. The fourth-order valence-corrected chi connectivity index (χ4v) is 5.96. The highest BCUT2D eigenvalue weighted by Crippen LogP contribution is 2.39. The van der Waals surface area contributed by atoms with E-state index in [0.717, 1.165) is 17.2 Å². The number of hydrogen-bond donors (Lipinski definition) is 1. The summed E-state index contributed by atoms with van der Waals surface area (Å²) in [7, 11) is 0. The Labute approximate surface area is 131 Å². The lowest BCUT2D eigenvalue weighted by Crippen LogP contribution is -2.34. The van der Waals surface area contributed by atoms with Gasteiger partial charge < -0.3 is 5.32 Å². The minimum Gasteiger partial charge on any atom is -0.306 e. The van der Waals surface area contributed by atoms with Gasteiger partial charge >= 0.3 is 0 Å². The second kappa shape index (κ2) is 7.33. The van der Waals surface area contributed by atoms with E-state index in [0.29, 0.717) is 6.04 Å². The van der Waals surface area contributed by atoms with Crippen molar-refractivity contribution in [2.45, 2.75) is 69.2 Å². The summed E-state index contributed by atoms with van der Waals surface area (Å²) in [6.45, 7) is 2.29. The average Bonchev–Trinajstić information content (AvgIpc) is 3.19. The molecule has 1 aromatic rings. The van der Waals surface area contributed by atoms with E-state index in [1.54, 1.807) is 4.88 Å². The van der Waals surface area contributed by atoms with Gasteiger partial charge in [-0.2, -0.15) is 11.8 Å². The standard InChI is InChI=1S/C17H27NS2/c1-2-19-15-10-9-14(12-15)18-17(13-6-3-4-7-13)16-8-5-11-20-16/h5,8,11,13-15,17-18H,2-4,6-7,9-10,12H2,1H3. The quantitative estimate of drug-likeness (QED) is 0.771. The van der Waals surface area contributed by atoms with Crippen molar-refractivity contribution < 1.29 is 0 Å². The van der Waals surface area contributed by atoms with Gasteiger partial charge in [0.05, 0.1) is 0 Å². The van der Waals surface area contributed by atoms with E-state index in [9.17, 15) is 0 Å². The van der Waals surface area contributed by atoms with Crippen LogP contribution < -0.4 is 5.32 Å². The summed E-state index contributed by atoms with van der Waals surface area (Å²) < 4.78 is 0. The molecule has 20 heavy (non-hydrogen) atoms. The molecule has 3 rings (SSSR count). The van der Waals surface area contributed by atoms with Crippen LogP contribution in [0.25, 0.3) is 0 Å². The summed E-state index contributed by atoms with van der Waals surface area (Å²) in [5, 5.41) is 7.19. The monoisotopic (exact) mass is 309 g/mol. The molecule has 1 N–H and O–H groups in total. The smallest absolute Gasteiger partial charge is 0.0445 e. The Morgan fingerprint density at radius 1 is 1.30 bits per heavy atom. The molecule has 112 valence electrons. The lowest BCUT2D eigenvalue weighted by atomic mass is 9.95. The van der Waals surface area contributed by atoms with Gasteiger partial charge in [-0.1, -0.05) is 25.8 Å². The average molecular weight is 310 g/mol. The van der Waals surface area contributed by atoms with Crippen molar-refractivity contribution in [3.05, 3.63) is 22.4 Å². The normalized spacial score (nSPS) is 29.1. The van der Waals surface area contributed by atoms with E-state index in [1.807, 2.05) is 11.3 Å². The molecule has 3 unspecified atom stereocenters. The first kappa shape index (κ1) is 14.9. The van der Waals surface area contributed by atoms with Crippen molar-refractivity contribution in [2.75, 3.05) is 5.75 Å². The van der Waals surface area contributed by atoms with Crippen molar-refractivity contribution >= 4 is 23.1 Å². The molecule has 1 heterocycles. The van der Waals surface area contributed by atoms with Gasteiger partial charge in [-0.05, 0) is 55.2 Å². The first-order valence-corrected chi connectivity index (χ1v) is 10.2. The highest BCUT2D eigenvalue weighted by atomic mass is 32.2. The van der Waals surface area contributed by atoms with Crippen molar-refractivity contribution in [3.63, 3.8) is 0 Å². The van der Waals surface area contributed by atoms with Crippen molar-refractivity contribution in [2.24, 2.45) is 5.92 Å². The van der Waals surface area contributed by atoms with Crippen molar-refractivity contribution in [1.82, 2.24) is 5.32 Å². The molecule has 0 bridgehead atoms. The maximum absolute atomic E-state index is 4.05. The third-order valence-corrected chi connectivity index (χ3v) is 7.11. The summed E-state index contributed by atoms with van der Waals surface area (Å²) in [4.78, 5) is 1.57. The van der Waals surface area contributed by atoms with Crippen LogP contribution in [0.3, 0.4) is 0 Å². The van der Waals surface area contributed by atoms with E-state index in [4.69, 9.17) is 0 Å². The van der Waals surface area contributed by atoms with E-state index in [-0.39, 0.29) is 0 Å². The van der Waals surface area contributed by atoms with Crippen LogP contribution in [0, 0.1) is 5.92 Å². The molecular formula is C17H27NS2. The largest absolute Gasteiger partial charge is 0.306 e. The van der Waals surface area contributed by atoms with Crippen molar-refractivity contribution in [1.29, 1.82) is 0 Å². The molecule has 1 aromatic heterocycles. The molecule has 0 aromatic carbocycles. The zero-order valence-corrected chi connectivity index (χ0v) is 14.1. The fraction of sp³-hybridized carbons (Fsp3) is 0.765. The predicted octanol–water partition coefficient (Wildman–Crippen LogP) is 5.24. The van der Waals surface area contributed by atoms with Gasteiger partial charge in [0.2, 0.25) is 0 Å². The molecule has 1 nitrogen and oxygen atoms in total. The van der Waals surface area contributed by atoms with E-state index >= 15 is 0 Å². The van der Waals surface area contributed by atoms with E-state index < -0.39 is 0 Å². The third-order valence-electron chi connectivity index (χ3n) is 4.92. The highest BCUT2D eigenvalue weighted by molar-refractivity contribution is 7.99. The van der Waals surface area contributed by atoms with Crippen LogP contribution >= 0.6 is 23.1 Å². The zero-order valence-electron chi connectivity index (χ0n) is 12.5. The van der Waals surface area contributed by atoms with Crippen LogP contribution in [0.4, 0.5) is 0 Å². The fourth-order valence-electron chi connectivity index (χ4n) is 3.94. The summed E-state index contributed by atoms with van der Waals surface area (Å²) in [5.41, 5.74) is 0. The third kappa shape index (κ3) is 3.61. The maximum atomic E-state index is 4.05. The zero-order chi connectivity index (χ0) is 13.8. The first-order chi connectivity index (χ1) is 9.86. The van der Waals surface area contributed by atoms with Crippen LogP contribution in [0.2, 0.25) is 0 Å². The molecule has 2 aliphatic rings. The molecule has 3 atom stereocenters. The molecule has 0 radical (unpaired) electrons. The number of hydrogen-bond acceptors (Lipinski definition) is 3. The number of rotatable bonds is 6. The van der Waals surface area contributed by atoms with Gasteiger partial charge in [0.25, 0.3) is 0 Å². The SMILES string of the molecule is CCSC1CCC(NC(c2cccs2)C2CCCC2)C1. The molecule has 2 aliphatic carbocycles. The number of thiophene rings is 1. The Morgan fingerprint density at radius 3 is 2.85 bits per heavy atom. The van der Waals surface area contributed by atoms with Crippen LogP contribution in [-0.2, 0) is 0 Å². The molecule has 2 fully saturated rings. The van der Waals surface area contributed by atoms with Gasteiger partial charge in [0.1, 0.15) is 0 Å². The van der Waals surface area contributed by atoms with Gasteiger partial charge in [0, 0.05) is 22.2 Å². The van der Waals surface area contributed by atoms with E-state index in [2.05, 4.69) is 41.5 Å². The minimum absolute atomic E-state index is 0.632. The van der Waals surface area contributed by atoms with Crippen LogP contribution in [0.5, 0.6) is 0 Å². The second-order valence-corrected chi connectivity index (χ2v) is 8.85. The summed E-state index contributed by atoms with van der Waals surface area (Å²) >= 11 is 4.11. The van der Waals surface area contributed by atoms with Gasteiger partial charge in [0.15, 0.2) is 0 Å². The maximum Gasteiger partial charge on any atom is 0.0445 e. The molecule has 2 saturated carbocycles. The highest BCUT2D eigenvalue weighted by Gasteiger charge is 2.32. The van der Waals surface area contributed by atoms with Crippen molar-refractivity contribution in [3.8, 4) is 0 Å². The van der Waals surface area contributed by atoms with Crippen LogP contribution in [0.1, 0.15) is 62.8 Å². The Hall–Kier alpha value is 0.01000. The first-order valence-electron chi connectivity index (χ1n) is 8.28. The molecular weight excluding hydrogens is 282 g/mol. The molecule has 0 amide bonds.